The molecule has 0 bridgehead atoms. The summed E-state index contributed by atoms with van der Waals surface area (Å²) >= 11 is 0. The molecular formula is C24H26N2O5. The fraction of sp³-hybridized carbons (Fsp3) is 0.375. The molecular weight excluding hydrogens is 396 g/mol. The van der Waals surface area contributed by atoms with Crippen LogP contribution in [0.2, 0.25) is 0 Å². The average molecular weight is 422 g/mol. The molecule has 0 spiro atoms. The lowest BCUT2D eigenvalue weighted by molar-refractivity contribution is -0.140. The SMILES string of the molecule is CC1CCC1NC(=O)C(CC(=O)O)NC(=O)OCC1c2ccccc2-c2ccccc21. The first kappa shape index (κ1) is 20.9. The molecule has 0 heterocycles. The van der Waals surface area contributed by atoms with Crippen LogP contribution in [0, 0.1) is 5.92 Å². The van der Waals surface area contributed by atoms with Gasteiger partial charge in [0.1, 0.15) is 12.6 Å². The molecule has 0 aromatic heterocycles. The molecule has 2 aliphatic rings. The molecule has 7 heteroatoms. The highest BCUT2D eigenvalue weighted by Gasteiger charge is 2.33. The minimum Gasteiger partial charge on any atom is -0.481 e. The molecule has 162 valence electrons. The van der Waals surface area contributed by atoms with Crippen molar-refractivity contribution in [1.29, 1.82) is 0 Å². The van der Waals surface area contributed by atoms with Crippen LogP contribution in [0.1, 0.15) is 43.2 Å². The summed E-state index contributed by atoms with van der Waals surface area (Å²) in [7, 11) is 0. The lowest BCUT2D eigenvalue weighted by Crippen LogP contribution is -2.54. The van der Waals surface area contributed by atoms with Crippen LogP contribution in [0.15, 0.2) is 48.5 Å². The Morgan fingerprint density at radius 2 is 1.65 bits per heavy atom. The average Bonchev–Trinajstić information content (AvgIpc) is 3.08. The number of carboxylic acid groups (broad SMARTS) is 1. The summed E-state index contributed by atoms with van der Waals surface area (Å²) in [5.74, 6) is -1.42. The van der Waals surface area contributed by atoms with Gasteiger partial charge in [-0.25, -0.2) is 4.79 Å². The Morgan fingerprint density at radius 3 is 2.16 bits per heavy atom. The summed E-state index contributed by atoms with van der Waals surface area (Å²) in [5.41, 5.74) is 4.39. The number of aliphatic carboxylic acids is 1. The van der Waals surface area contributed by atoms with Gasteiger partial charge < -0.3 is 20.5 Å². The maximum absolute atomic E-state index is 12.5. The van der Waals surface area contributed by atoms with E-state index >= 15 is 0 Å². The minimum atomic E-state index is -1.18. The Kier molecular flexibility index (Phi) is 5.93. The van der Waals surface area contributed by atoms with Crippen LogP contribution in [-0.2, 0) is 14.3 Å². The Labute approximate surface area is 180 Å². The van der Waals surface area contributed by atoms with Crippen molar-refractivity contribution in [3.63, 3.8) is 0 Å². The molecule has 2 aromatic rings. The number of carbonyl (C=O) groups is 3. The predicted molar refractivity (Wildman–Crippen MR) is 115 cm³/mol. The monoisotopic (exact) mass is 422 g/mol. The van der Waals surface area contributed by atoms with Gasteiger partial charge in [-0.05, 0) is 41.0 Å². The third-order valence-corrected chi connectivity index (χ3v) is 6.28. The molecule has 7 nitrogen and oxygen atoms in total. The topological polar surface area (TPSA) is 105 Å². The molecule has 3 N–H and O–H groups in total. The number of rotatable bonds is 7. The van der Waals surface area contributed by atoms with E-state index in [0.29, 0.717) is 5.92 Å². The van der Waals surface area contributed by atoms with E-state index < -0.39 is 30.4 Å². The van der Waals surface area contributed by atoms with E-state index in [1.165, 1.54) is 0 Å². The fourth-order valence-corrected chi connectivity index (χ4v) is 4.33. The summed E-state index contributed by atoms with van der Waals surface area (Å²) in [6.07, 6.45) is 0.577. The van der Waals surface area contributed by atoms with Crippen LogP contribution in [0.5, 0.6) is 0 Å². The zero-order valence-corrected chi connectivity index (χ0v) is 17.3. The second kappa shape index (κ2) is 8.79. The largest absolute Gasteiger partial charge is 0.481 e. The van der Waals surface area contributed by atoms with Gasteiger partial charge in [-0.15, -0.1) is 0 Å². The Balaban J connectivity index is 1.40. The van der Waals surface area contributed by atoms with Crippen LogP contribution in [-0.4, -0.2) is 41.8 Å². The number of alkyl carbamates (subject to hydrolysis) is 1. The predicted octanol–water partition coefficient (Wildman–Crippen LogP) is 3.28. The molecule has 2 aliphatic carbocycles. The van der Waals surface area contributed by atoms with E-state index in [-0.39, 0.29) is 18.6 Å². The molecule has 2 amide bonds. The van der Waals surface area contributed by atoms with Crippen LogP contribution < -0.4 is 10.6 Å². The summed E-state index contributed by atoms with van der Waals surface area (Å²) in [6, 6.07) is 14.8. The second-order valence-electron chi connectivity index (χ2n) is 8.29. The molecule has 31 heavy (non-hydrogen) atoms. The summed E-state index contributed by atoms with van der Waals surface area (Å²) in [4.78, 5) is 36.2. The number of benzene rings is 2. The Hall–Kier alpha value is -3.35. The summed E-state index contributed by atoms with van der Waals surface area (Å²) in [5, 5.41) is 14.4. The molecule has 2 aromatic carbocycles. The maximum atomic E-state index is 12.5. The van der Waals surface area contributed by atoms with Gasteiger partial charge in [0, 0.05) is 12.0 Å². The summed E-state index contributed by atoms with van der Waals surface area (Å²) in [6.45, 7) is 2.13. The van der Waals surface area contributed by atoms with Crippen molar-refractivity contribution in [2.24, 2.45) is 5.92 Å². The highest BCUT2D eigenvalue weighted by molar-refractivity contribution is 5.89. The zero-order valence-electron chi connectivity index (χ0n) is 17.3. The third-order valence-electron chi connectivity index (χ3n) is 6.28. The van der Waals surface area contributed by atoms with E-state index in [0.717, 1.165) is 35.1 Å². The van der Waals surface area contributed by atoms with E-state index in [9.17, 15) is 14.4 Å². The number of hydrogen-bond acceptors (Lipinski definition) is 4. The van der Waals surface area contributed by atoms with Crippen molar-refractivity contribution in [2.45, 2.75) is 44.2 Å². The molecule has 1 fully saturated rings. The van der Waals surface area contributed by atoms with Gasteiger partial charge in [-0.2, -0.15) is 0 Å². The lowest BCUT2D eigenvalue weighted by atomic mass is 9.81. The number of fused-ring (bicyclic) bond motifs is 3. The zero-order chi connectivity index (χ0) is 22.0. The van der Waals surface area contributed by atoms with Crippen molar-refractivity contribution in [3.05, 3.63) is 59.7 Å². The van der Waals surface area contributed by atoms with Crippen molar-refractivity contribution in [1.82, 2.24) is 10.6 Å². The first-order chi connectivity index (χ1) is 14.9. The van der Waals surface area contributed by atoms with Gasteiger partial charge in [-0.3, -0.25) is 9.59 Å². The van der Waals surface area contributed by atoms with Crippen molar-refractivity contribution in [2.75, 3.05) is 6.61 Å². The highest BCUT2D eigenvalue weighted by atomic mass is 16.5. The van der Waals surface area contributed by atoms with Crippen LogP contribution in [0.3, 0.4) is 0 Å². The number of nitrogens with one attached hydrogen (secondary N) is 2. The van der Waals surface area contributed by atoms with Gasteiger partial charge in [0.05, 0.1) is 6.42 Å². The first-order valence-corrected chi connectivity index (χ1v) is 10.6. The second-order valence-corrected chi connectivity index (χ2v) is 8.29. The number of carboxylic acids is 1. The normalized spacial score (nSPS) is 20.0. The van der Waals surface area contributed by atoms with Crippen molar-refractivity contribution < 1.29 is 24.2 Å². The maximum Gasteiger partial charge on any atom is 0.407 e. The number of carbonyl (C=O) groups excluding carboxylic acids is 2. The minimum absolute atomic E-state index is 0.0214. The molecule has 0 saturated heterocycles. The number of amides is 2. The Bertz CT molecular complexity index is 959. The number of ether oxygens (including phenoxy) is 1. The van der Waals surface area contributed by atoms with Gasteiger partial charge in [0.25, 0.3) is 0 Å². The smallest absolute Gasteiger partial charge is 0.407 e. The van der Waals surface area contributed by atoms with E-state index in [2.05, 4.69) is 10.6 Å². The molecule has 3 unspecified atom stereocenters. The highest BCUT2D eigenvalue weighted by Crippen LogP contribution is 2.44. The van der Waals surface area contributed by atoms with Crippen LogP contribution >= 0.6 is 0 Å². The van der Waals surface area contributed by atoms with Crippen LogP contribution in [0.25, 0.3) is 11.1 Å². The van der Waals surface area contributed by atoms with E-state index in [4.69, 9.17) is 9.84 Å². The van der Waals surface area contributed by atoms with Gasteiger partial charge in [0.2, 0.25) is 5.91 Å². The third kappa shape index (κ3) is 4.40. The van der Waals surface area contributed by atoms with Crippen molar-refractivity contribution >= 4 is 18.0 Å². The van der Waals surface area contributed by atoms with E-state index in [1.807, 2.05) is 55.5 Å². The lowest BCUT2D eigenvalue weighted by Gasteiger charge is -2.35. The molecule has 4 rings (SSSR count). The molecule has 3 atom stereocenters. The number of hydrogen-bond donors (Lipinski definition) is 3. The van der Waals surface area contributed by atoms with Gasteiger partial charge in [-0.1, -0.05) is 55.5 Å². The standard InChI is InChI=1S/C24H26N2O5/c1-14-10-11-20(14)25-23(29)21(12-22(27)28)26-24(30)31-13-19-17-8-4-2-6-15(17)16-7-3-5-9-18(16)19/h2-9,14,19-21H,10-13H2,1H3,(H,25,29)(H,26,30)(H,27,28). The van der Waals surface area contributed by atoms with Crippen molar-refractivity contribution in [3.8, 4) is 11.1 Å². The molecule has 1 saturated carbocycles. The van der Waals surface area contributed by atoms with E-state index in [1.54, 1.807) is 0 Å². The fourth-order valence-electron chi connectivity index (χ4n) is 4.33. The quantitative estimate of drug-likeness (QED) is 0.635. The molecule has 0 aliphatic heterocycles. The summed E-state index contributed by atoms with van der Waals surface area (Å²) < 4.78 is 5.45. The first-order valence-electron chi connectivity index (χ1n) is 10.6. The van der Waals surface area contributed by atoms with Gasteiger partial charge in [0.15, 0.2) is 0 Å². The van der Waals surface area contributed by atoms with Crippen LogP contribution in [0.4, 0.5) is 4.79 Å². The Morgan fingerprint density at radius 1 is 1.03 bits per heavy atom. The van der Waals surface area contributed by atoms with Gasteiger partial charge >= 0.3 is 12.1 Å². The molecule has 0 radical (unpaired) electrons.